The third-order valence-corrected chi connectivity index (χ3v) is 2.50. The highest BCUT2D eigenvalue weighted by Gasteiger charge is 2.04. The lowest BCUT2D eigenvalue weighted by molar-refractivity contribution is -0.113. The number of ketones is 1. The van der Waals surface area contributed by atoms with Crippen molar-refractivity contribution in [3.05, 3.63) is 59.8 Å². The van der Waals surface area contributed by atoms with Crippen molar-refractivity contribution in [3.63, 3.8) is 0 Å². The molecule has 0 bridgehead atoms. The summed E-state index contributed by atoms with van der Waals surface area (Å²) in [6.45, 7) is 11.4. The van der Waals surface area contributed by atoms with Crippen LogP contribution in [-0.2, 0) is 4.79 Å². The van der Waals surface area contributed by atoms with Crippen molar-refractivity contribution in [1.29, 1.82) is 0 Å². The van der Waals surface area contributed by atoms with E-state index in [0.717, 1.165) is 11.3 Å². The van der Waals surface area contributed by atoms with Gasteiger partial charge >= 0.3 is 0 Å². The van der Waals surface area contributed by atoms with E-state index in [1.807, 2.05) is 77.2 Å². The van der Waals surface area contributed by atoms with E-state index in [9.17, 15) is 4.79 Å². The predicted molar refractivity (Wildman–Crippen MR) is 96.0 cm³/mol. The molecule has 2 nitrogen and oxygen atoms in total. The number of nitrogens with zero attached hydrogens (tertiary/aromatic N) is 1. The first-order valence-electron chi connectivity index (χ1n) is 7.32. The Morgan fingerprint density at radius 1 is 0.905 bits per heavy atom. The van der Waals surface area contributed by atoms with Crippen LogP contribution in [0.5, 0.6) is 0 Å². The smallest absolute Gasteiger partial charge is 0.161 e. The molecule has 0 saturated carbocycles. The minimum Gasteiger partial charge on any atom is -0.294 e. The zero-order valence-corrected chi connectivity index (χ0v) is 14.5. The number of aliphatic imine (C=N–C) groups is 1. The number of hydrogen-bond donors (Lipinski definition) is 0. The van der Waals surface area contributed by atoms with Crippen molar-refractivity contribution in [2.45, 2.75) is 41.5 Å². The first kappa shape index (κ1) is 21.3. The molecule has 0 amide bonds. The van der Waals surface area contributed by atoms with Crippen molar-refractivity contribution >= 4 is 11.5 Å². The van der Waals surface area contributed by atoms with Crippen LogP contribution in [0, 0.1) is 0 Å². The molecule has 0 aliphatic heterocycles. The first-order valence-corrected chi connectivity index (χ1v) is 7.32. The molecule has 0 aromatic heterocycles. The molecule has 0 aromatic rings. The molecule has 0 saturated heterocycles. The lowest BCUT2D eigenvalue weighted by atomic mass is 10.1. The summed E-state index contributed by atoms with van der Waals surface area (Å²) >= 11 is 0. The Balaban J connectivity index is 0. The van der Waals surface area contributed by atoms with Crippen molar-refractivity contribution in [3.8, 4) is 0 Å². The van der Waals surface area contributed by atoms with Gasteiger partial charge in [-0.05, 0) is 33.8 Å². The quantitative estimate of drug-likeness (QED) is 0.372. The fourth-order valence-electron chi connectivity index (χ4n) is 1.35. The summed E-state index contributed by atoms with van der Waals surface area (Å²) in [7, 11) is 1.69. The van der Waals surface area contributed by atoms with Crippen LogP contribution in [0.25, 0.3) is 0 Å². The van der Waals surface area contributed by atoms with E-state index >= 15 is 0 Å². The Morgan fingerprint density at radius 3 is 2.00 bits per heavy atom. The van der Waals surface area contributed by atoms with Gasteiger partial charge in [-0.2, -0.15) is 0 Å². The summed E-state index contributed by atoms with van der Waals surface area (Å²) in [6.07, 6.45) is 15.6. The summed E-state index contributed by atoms with van der Waals surface area (Å²) in [5.41, 5.74) is 2.52. The largest absolute Gasteiger partial charge is 0.294 e. The molecule has 0 spiro atoms. The second-order valence-corrected chi connectivity index (χ2v) is 4.13. The standard InChI is InChI=1S/C17H23NO.C2H6/c1-6-7-8-9-11-14(2)12-10-13-17(16(4)19)15(3)18-5;1-2/h6-13H,1-5H3;1-2H3/b7-6-,9-8-,12-10+,14-11+,17-13+,18-15?;. The molecular formula is C19H29NO. The number of allylic oxidation sites excluding steroid dienone is 10. The molecule has 0 atom stereocenters. The maximum Gasteiger partial charge on any atom is 0.161 e. The highest BCUT2D eigenvalue weighted by Crippen LogP contribution is 2.03. The number of Topliss-reactive ketones (excluding diaryl/α,β-unsaturated/α-hetero) is 1. The predicted octanol–water partition coefficient (Wildman–Crippen LogP) is 5.25. The van der Waals surface area contributed by atoms with Crippen molar-refractivity contribution in [1.82, 2.24) is 0 Å². The van der Waals surface area contributed by atoms with Gasteiger partial charge in [-0.1, -0.05) is 62.0 Å². The van der Waals surface area contributed by atoms with E-state index in [1.54, 1.807) is 20.0 Å². The Bertz CT molecular complexity index is 472. The lowest BCUT2D eigenvalue weighted by Crippen LogP contribution is -2.06. The van der Waals surface area contributed by atoms with E-state index < -0.39 is 0 Å². The van der Waals surface area contributed by atoms with E-state index in [0.29, 0.717) is 5.57 Å². The highest BCUT2D eigenvalue weighted by molar-refractivity contribution is 6.20. The molecule has 116 valence electrons. The normalized spacial score (nSPS) is 14.0. The third-order valence-electron chi connectivity index (χ3n) is 2.50. The molecule has 0 aliphatic carbocycles. The summed E-state index contributed by atoms with van der Waals surface area (Å²) in [5.74, 6) is 0.0300. The van der Waals surface area contributed by atoms with Crippen LogP contribution in [0.4, 0.5) is 0 Å². The molecule has 0 rings (SSSR count). The van der Waals surface area contributed by atoms with Crippen LogP contribution in [0.15, 0.2) is 64.7 Å². The van der Waals surface area contributed by atoms with Gasteiger partial charge < -0.3 is 0 Å². The van der Waals surface area contributed by atoms with Gasteiger partial charge in [-0.3, -0.25) is 9.79 Å². The molecule has 0 fully saturated rings. The average molecular weight is 287 g/mol. The molecule has 0 heterocycles. The maximum absolute atomic E-state index is 11.4. The third kappa shape index (κ3) is 11.6. The van der Waals surface area contributed by atoms with Gasteiger partial charge in [0, 0.05) is 18.3 Å². The second-order valence-electron chi connectivity index (χ2n) is 4.13. The lowest BCUT2D eigenvalue weighted by Gasteiger charge is -1.99. The summed E-state index contributed by atoms with van der Waals surface area (Å²) in [5, 5.41) is 0. The van der Waals surface area contributed by atoms with Crippen molar-refractivity contribution in [2.75, 3.05) is 7.05 Å². The van der Waals surface area contributed by atoms with Gasteiger partial charge in [0.05, 0.1) is 0 Å². The van der Waals surface area contributed by atoms with E-state index in [1.165, 1.54) is 0 Å². The van der Waals surface area contributed by atoms with Gasteiger partial charge in [-0.15, -0.1) is 0 Å². The SMILES string of the molecule is CC.C\C=C/C=C\C=C(C)\C=C\C=C(\C(C)=O)C(C)=NC. The minimum atomic E-state index is 0.0300. The summed E-state index contributed by atoms with van der Waals surface area (Å²) in [6, 6.07) is 0. The molecule has 2 heteroatoms. The molecule has 0 aliphatic rings. The van der Waals surface area contributed by atoms with Crippen LogP contribution in [0.2, 0.25) is 0 Å². The number of carbonyl (C=O) groups is 1. The minimum absolute atomic E-state index is 0.0300. The zero-order chi connectivity index (χ0) is 16.7. The van der Waals surface area contributed by atoms with E-state index in [4.69, 9.17) is 0 Å². The van der Waals surface area contributed by atoms with Crippen LogP contribution >= 0.6 is 0 Å². The Hall–Kier alpha value is -1.96. The molecule has 0 aromatic carbocycles. The second kappa shape index (κ2) is 14.4. The highest BCUT2D eigenvalue weighted by atomic mass is 16.1. The number of carbonyl (C=O) groups excluding carboxylic acids is 1. The topological polar surface area (TPSA) is 29.4 Å². The monoisotopic (exact) mass is 287 g/mol. The molecule has 0 radical (unpaired) electrons. The molecule has 21 heavy (non-hydrogen) atoms. The van der Waals surface area contributed by atoms with Crippen molar-refractivity contribution < 1.29 is 4.79 Å². The average Bonchev–Trinajstić information content (AvgIpc) is 2.49. The van der Waals surface area contributed by atoms with Gasteiger partial charge in [0.15, 0.2) is 5.78 Å². The van der Waals surface area contributed by atoms with Gasteiger partial charge in [0.1, 0.15) is 0 Å². The van der Waals surface area contributed by atoms with Gasteiger partial charge in [-0.25, -0.2) is 0 Å². The van der Waals surface area contributed by atoms with Crippen LogP contribution < -0.4 is 0 Å². The van der Waals surface area contributed by atoms with Gasteiger partial charge in [0.2, 0.25) is 0 Å². The Labute approximate surface area is 130 Å². The molecule has 0 N–H and O–H groups in total. The fraction of sp³-hybridized carbons (Fsp3) is 0.368. The summed E-state index contributed by atoms with van der Waals surface area (Å²) < 4.78 is 0. The fourth-order valence-corrected chi connectivity index (χ4v) is 1.35. The maximum atomic E-state index is 11.4. The van der Waals surface area contributed by atoms with Crippen molar-refractivity contribution in [2.24, 2.45) is 4.99 Å². The Kier molecular flexibility index (Phi) is 14.7. The van der Waals surface area contributed by atoms with E-state index in [2.05, 4.69) is 4.99 Å². The zero-order valence-electron chi connectivity index (χ0n) is 14.5. The summed E-state index contributed by atoms with van der Waals surface area (Å²) in [4.78, 5) is 15.5. The molecular weight excluding hydrogens is 258 g/mol. The van der Waals surface area contributed by atoms with Crippen LogP contribution in [0.3, 0.4) is 0 Å². The number of rotatable bonds is 6. The molecule has 0 unspecified atom stereocenters. The van der Waals surface area contributed by atoms with Crippen LogP contribution in [0.1, 0.15) is 41.5 Å². The first-order chi connectivity index (χ1) is 10.0. The Morgan fingerprint density at radius 2 is 1.52 bits per heavy atom. The van der Waals surface area contributed by atoms with Gasteiger partial charge in [0.25, 0.3) is 0 Å². The van der Waals surface area contributed by atoms with Crippen LogP contribution in [-0.4, -0.2) is 18.5 Å². The number of hydrogen-bond acceptors (Lipinski definition) is 2. The van der Waals surface area contributed by atoms with E-state index in [-0.39, 0.29) is 5.78 Å².